The fourth-order valence-corrected chi connectivity index (χ4v) is 1.96. The van der Waals surface area contributed by atoms with Gasteiger partial charge in [0.15, 0.2) is 0 Å². The molecular formula is C17H17NO4. The molecule has 2 aromatic rings. The van der Waals surface area contributed by atoms with Crippen LogP contribution in [0.5, 0.6) is 0 Å². The minimum atomic E-state index is -1.08. The Bertz CT molecular complexity index is 613. The van der Waals surface area contributed by atoms with E-state index in [0.717, 1.165) is 11.1 Å². The van der Waals surface area contributed by atoms with Gasteiger partial charge in [-0.25, -0.2) is 4.79 Å². The Morgan fingerprint density at radius 2 is 1.45 bits per heavy atom. The van der Waals surface area contributed by atoms with Crippen molar-refractivity contribution in [3.63, 3.8) is 0 Å². The van der Waals surface area contributed by atoms with E-state index >= 15 is 0 Å². The number of hydrogen-bond donors (Lipinski definition) is 1. The van der Waals surface area contributed by atoms with Crippen molar-refractivity contribution >= 4 is 12.1 Å². The largest absolute Gasteiger partial charge is 0.480 e. The molecule has 0 unspecified atom stereocenters. The highest BCUT2D eigenvalue weighted by molar-refractivity contribution is 5.76. The number of carboxylic acids is 1. The van der Waals surface area contributed by atoms with Gasteiger partial charge in [-0.15, -0.1) is 0 Å². The second kappa shape index (κ2) is 7.83. The van der Waals surface area contributed by atoms with Gasteiger partial charge in [-0.1, -0.05) is 60.7 Å². The van der Waals surface area contributed by atoms with Crippen LogP contribution in [0.4, 0.5) is 4.79 Å². The van der Waals surface area contributed by atoms with E-state index in [4.69, 9.17) is 9.84 Å². The molecule has 0 aliphatic rings. The molecule has 1 N–H and O–H groups in total. The molecule has 0 bridgehead atoms. The van der Waals surface area contributed by atoms with Gasteiger partial charge in [0.1, 0.15) is 13.2 Å². The molecule has 1 amide bonds. The summed E-state index contributed by atoms with van der Waals surface area (Å²) in [5, 5.41) is 8.95. The van der Waals surface area contributed by atoms with E-state index in [9.17, 15) is 9.59 Å². The quantitative estimate of drug-likeness (QED) is 0.890. The lowest BCUT2D eigenvalue weighted by atomic mass is 10.2. The molecule has 5 heteroatoms. The van der Waals surface area contributed by atoms with Crippen LogP contribution in [-0.4, -0.2) is 28.6 Å². The van der Waals surface area contributed by atoms with Crippen LogP contribution in [0.3, 0.4) is 0 Å². The second-order valence-corrected chi connectivity index (χ2v) is 4.78. The molecule has 114 valence electrons. The van der Waals surface area contributed by atoms with E-state index in [2.05, 4.69) is 0 Å². The van der Waals surface area contributed by atoms with Crippen molar-refractivity contribution in [2.45, 2.75) is 13.2 Å². The van der Waals surface area contributed by atoms with Crippen molar-refractivity contribution < 1.29 is 19.4 Å². The van der Waals surface area contributed by atoms with E-state index in [1.807, 2.05) is 60.7 Å². The number of ether oxygens (including phenoxy) is 1. The number of carbonyl (C=O) groups is 2. The van der Waals surface area contributed by atoms with Gasteiger partial charge in [0.05, 0.1) is 0 Å². The maximum absolute atomic E-state index is 12.1. The minimum absolute atomic E-state index is 0.116. The van der Waals surface area contributed by atoms with Crippen LogP contribution in [0.15, 0.2) is 60.7 Å². The first-order chi connectivity index (χ1) is 10.6. The van der Waals surface area contributed by atoms with Crippen LogP contribution in [0.2, 0.25) is 0 Å². The van der Waals surface area contributed by atoms with Gasteiger partial charge in [-0.3, -0.25) is 9.69 Å². The standard InChI is InChI=1S/C17H17NO4/c19-16(20)12-18(11-14-7-3-1-4-8-14)17(21)22-13-15-9-5-2-6-10-15/h1-10H,11-13H2,(H,19,20). The van der Waals surface area contributed by atoms with Gasteiger partial charge < -0.3 is 9.84 Å². The van der Waals surface area contributed by atoms with Gasteiger partial charge in [0, 0.05) is 6.54 Å². The summed E-state index contributed by atoms with van der Waals surface area (Å²) >= 11 is 0. The summed E-state index contributed by atoms with van der Waals surface area (Å²) in [4.78, 5) is 24.2. The van der Waals surface area contributed by atoms with Gasteiger partial charge in [-0.2, -0.15) is 0 Å². The van der Waals surface area contributed by atoms with Crippen molar-refractivity contribution in [1.29, 1.82) is 0 Å². The topological polar surface area (TPSA) is 66.8 Å². The van der Waals surface area contributed by atoms with Gasteiger partial charge in [-0.05, 0) is 11.1 Å². The van der Waals surface area contributed by atoms with Crippen LogP contribution in [0, 0.1) is 0 Å². The predicted molar refractivity (Wildman–Crippen MR) is 81.1 cm³/mol. The third-order valence-corrected chi connectivity index (χ3v) is 3.01. The number of amides is 1. The van der Waals surface area contributed by atoms with Crippen LogP contribution in [0.1, 0.15) is 11.1 Å². The van der Waals surface area contributed by atoms with E-state index in [-0.39, 0.29) is 13.2 Å². The molecule has 0 fully saturated rings. The first-order valence-corrected chi connectivity index (χ1v) is 6.86. The van der Waals surface area contributed by atoms with E-state index in [1.54, 1.807) is 0 Å². The smallest absolute Gasteiger partial charge is 0.410 e. The van der Waals surface area contributed by atoms with Crippen molar-refractivity contribution in [3.8, 4) is 0 Å². The molecule has 0 aliphatic heterocycles. The van der Waals surface area contributed by atoms with Crippen molar-refractivity contribution in [1.82, 2.24) is 4.90 Å². The second-order valence-electron chi connectivity index (χ2n) is 4.78. The SMILES string of the molecule is O=C(O)CN(Cc1ccccc1)C(=O)OCc1ccccc1. The summed E-state index contributed by atoms with van der Waals surface area (Å²) in [7, 11) is 0. The number of aliphatic carboxylic acids is 1. The van der Waals surface area contributed by atoms with Gasteiger partial charge in [0.2, 0.25) is 0 Å². The van der Waals surface area contributed by atoms with Crippen LogP contribution in [0.25, 0.3) is 0 Å². The third kappa shape index (κ3) is 4.94. The Morgan fingerprint density at radius 1 is 0.909 bits per heavy atom. The molecule has 0 aliphatic carbocycles. The number of nitrogens with zero attached hydrogens (tertiary/aromatic N) is 1. The monoisotopic (exact) mass is 299 g/mol. The van der Waals surface area contributed by atoms with E-state index in [1.165, 1.54) is 4.90 Å². The summed E-state index contributed by atoms with van der Waals surface area (Å²) in [6.45, 7) is -0.0894. The van der Waals surface area contributed by atoms with Gasteiger partial charge >= 0.3 is 12.1 Å². The Kier molecular flexibility index (Phi) is 5.54. The molecule has 0 saturated heterocycles. The summed E-state index contributed by atoms with van der Waals surface area (Å²) in [6.07, 6.45) is -0.643. The molecule has 5 nitrogen and oxygen atoms in total. The molecule has 2 aromatic carbocycles. The zero-order valence-electron chi connectivity index (χ0n) is 12.0. The molecule has 0 radical (unpaired) electrons. The fraction of sp³-hybridized carbons (Fsp3) is 0.176. The summed E-state index contributed by atoms with van der Waals surface area (Å²) in [6, 6.07) is 18.4. The Hall–Kier alpha value is -2.82. The number of hydrogen-bond acceptors (Lipinski definition) is 3. The molecule has 22 heavy (non-hydrogen) atoms. The number of carboxylic acid groups (broad SMARTS) is 1. The third-order valence-electron chi connectivity index (χ3n) is 3.01. The predicted octanol–water partition coefficient (Wildman–Crippen LogP) is 2.91. The van der Waals surface area contributed by atoms with Crippen LogP contribution in [-0.2, 0) is 22.7 Å². The average Bonchev–Trinajstić information content (AvgIpc) is 2.53. The Morgan fingerprint density at radius 3 is 2.00 bits per heavy atom. The summed E-state index contributed by atoms with van der Waals surface area (Å²) in [5.41, 5.74) is 1.70. The van der Waals surface area contributed by atoms with Crippen molar-refractivity contribution in [2.75, 3.05) is 6.54 Å². The van der Waals surface area contributed by atoms with Crippen molar-refractivity contribution in [2.24, 2.45) is 0 Å². The molecule has 0 heterocycles. The maximum atomic E-state index is 12.1. The van der Waals surface area contributed by atoms with Crippen LogP contribution < -0.4 is 0 Å². The fourth-order valence-electron chi connectivity index (χ4n) is 1.96. The van der Waals surface area contributed by atoms with Gasteiger partial charge in [0.25, 0.3) is 0 Å². The Balaban J connectivity index is 1.98. The Labute approximate surface area is 128 Å². The first-order valence-electron chi connectivity index (χ1n) is 6.86. The minimum Gasteiger partial charge on any atom is -0.480 e. The lowest BCUT2D eigenvalue weighted by molar-refractivity contribution is -0.138. The zero-order valence-corrected chi connectivity index (χ0v) is 12.0. The lowest BCUT2D eigenvalue weighted by Crippen LogP contribution is -2.35. The normalized spacial score (nSPS) is 10.0. The molecule has 0 saturated carbocycles. The van der Waals surface area contributed by atoms with Crippen molar-refractivity contribution in [3.05, 3.63) is 71.8 Å². The molecular weight excluding hydrogens is 282 g/mol. The van der Waals surface area contributed by atoms with Crippen LogP contribution >= 0.6 is 0 Å². The van der Waals surface area contributed by atoms with E-state index in [0.29, 0.717) is 0 Å². The highest BCUT2D eigenvalue weighted by Crippen LogP contribution is 2.08. The highest BCUT2D eigenvalue weighted by atomic mass is 16.6. The highest BCUT2D eigenvalue weighted by Gasteiger charge is 2.18. The lowest BCUT2D eigenvalue weighted by Gasteiger charge is -2.20. The van der Waals surface area contributed by atoms with E-state index < -0.39 is 18.6 Å². The molecule has 0 spiro atoms. The number of benzene rings is 2. The summed E-state index contributed by atoms with van der Waals surface area (Å²) in [5.74, 6) is -1.08. The maximum Gasteiger partial charge on any atom is 0.410 e. The zero-order chi connectivity index (χ0) is 15.8. The molecule has 2 rings (SSSR count). The molecule has 0 atom stereocenters. The first kappa shape index (κ1) is 15.6. The summed E-state index contributed by atoms with van der Waals surface area (Å²) < 4.78 is 5.19. The molecule has 0 aromatic heterocycles. The number of rotatable bonds is 6. The number of carbonyl (C=O) groups excluding carboxylic acids is 1. The average molecular weight is 299 g/mol.